The smallest absolute Gasteiger partial charge is 0.231 e. The molecule has 6 heterocycles. The molecule has 6 rings (SSSR count). The van der Waals surface area contributed by atoms with E-state index in [1.165, 1.54) is 0 Å². The summed E-state index contributed by atoms with van der Waals surface area (Å²) < 4.78 is 0. The van der Waals surface area contributed by atoms with Crippen LogP contribution in [-0.2, 0) is 19.4 Å². The van der Waals surface area contributed by atoms with Crippen LogP contribution in [0.3, 0.4) is 0 Å². The molecule has 94 heavy (non-hydrogen) atoms. The molecule has 2 aromatic heterocycles. The average Bonchev–Trinajstić information content (AvgIpc) is 0.788. The van der Waals surface area contributed by atoms with Crippen molar-refractivity contribution in [2.75, 3.05) is 83.7 Å². The number of piperidine rings is 4. The molecular weight excluding hydrogens is 1180 g/mol. The third-order valence-electron chi connectivity index (χ3n) is 20.5. The second-order valence-corrected chi connectivity index (χ2v) is 34.8. The van der Waals surface area contributed by atoms with Gasteiger partial charge in [0.25, 0.3) is 0 Å². The molecule has 0 radical (unpaired) electrons. The number of nitrogens with one attached hydrogen (secondary N) is 4. The van der Waals surface area contributed by atoms with Crippen LogP contribution in [0.15, 0.2) is 0 Å². The normalized spacial score (nSPS) is 22.0. The molecule has 4 fully saturated rings. The van der Waals surface area contributed by atoms with E-state index < -0.39 is 0 Å². The maximum Gasteiger partial charge on any atom is 0.231 e. The van der Waals surface area contributed by atoms with Gasteiger partial charge in [-0.2, -0.15) is 50.2 Å². The predicted octanol–water partition coefficient (Wildman–Crippen LogP) is 16.7. The molecule has 542 valence electrons. The van der Waals surface area contributed by atoms with Gasteiger partial charge >= 0.3 is 0 Å². The Morgan fingerprint density at radius 2 is 0.660 bits per heavy atom. The summed E-state index contributed by atoms with van der Waals surface area (Å²) in [6.45, 7) is 63.7. The molecule has 4 N–H and O–H groups in total. The number of rotatable bonds is 38. The van der Waals surface area contributed by atoms with Crippen LogP contribution < -0.4 is 31.1 Å². The van der Waals surface area contributed by atoms with Crippen LogP contribution in [0.4, 0.5) is 35.7 Å². The van der Waals surface area contributed by atoms with Gasteiger partial charge in [0.1, 0.15) is 0 Å². The first-order valence-electron chi connectivity index (χ1n) is 37.7. The molecule has 0 aromatic carbocycles. The zero-order valence-corrected chi connectivity index (χ0v) is 64.9. The number of anilines is 6. The summed E-state index contributed by atoms with van der Waals surface area (Å²) in [5.41, 5.74) is -1.94. The molecule has 4 aliphatic rings. The van der Waals surface area contributed by atoms with Crippen LogP contribution in [0.5, 0.6) is 0 Å². The number of unbranched alkanes of at least 4 members (excludes halogenated alkanes) is 4. The van der Waals surface area contributed by atoms with Crippen molar-refractivity contribution in [2.45, 2.75) is 376 Å². The molecule has 0 amide bonds. The van der Waals surface area contributed by atoms with E-state index in [0.717, 1.165) is 180 Å². The van der Waals surface area contributed by atoms with Crippen LogP contribution >= 0.6 is 0 Å². The van der Waals surface area contributed by atoms with Crippen LogP contribution in [-0.4, -0.2) is 171 Å². The third kappa shape index (κ3) is 22.0. The van der Waals surface area contributed by atoms with Gasteiger partial charge in [-0.15, -0.1) is 0 Å². The quantitative estimate of drug-likeness (QED) is 0.0466. The summed E-state index contributed by atoms with van der Waals surface area (Å²) in [5.74, 6) is 4.59. The first-order valence-corrected chi connectivity index (χ1v) is 37.7. The Morgan fingerprint density at radius 1 is 0.383 bits per heavy atom. The van der Waals surface area contributed by atoms with Gasteiger partial charge in [-0.3, -0.25) is 19.4 Å². The minimum absolute atomic E-state index is 0.0904. The van der Waals surface area contributed by atoms with Crippen molar-refractivity contribution in [1.82, 2.24) is 50.2 Å². The summed E-state index contributed by atoms with van der Waals surface area (Å²) in [5, 5.41) is 24.6. The zero-order chi connectivity index (χ0) is 69.7. The Morgan fingerprint density at radius 3 is 0.936 bits per heavy atom. The van der Waals surface area contributed by atoms with Crippen molar-refractivity contribution in [3.8, 4) is 0 Å². The van der Waals surface area contributed by atoms with Gasteiger partial charge < -0.3 is 31.1 Å². The van der Waals surface area contributed by atoms with E-state index in [1.807, 2.05) is 0 Å². The predicted molar refractivity (Wildman–Crippen MR) is 391 cm³/mol. The van der Waals surface area contributed by atoms with Gasteiger partial charge in [-0.05, 0) is 218 Å². The highest BCUT2D eigenvalue weighted by molar-refractivity contribution is 5.47. The molecule has 4 saturated heterocycles. The highest BCUT2D eigenvalue weighted by Gasteiger charge is 2.51. The van der Waals surface area contributed by atoms with Gasteiger partial charge in [-0.25, -0.2) is 0 Å². The van der Waals surface area contributed by atoms with Gasteiger partial charge in [0.05, 0.1) is 26.4 Å². The van der Waals surface area contributed by atoms with E-state index in [-0.39, 0.29) is 73.9 Å². The van der Waals surface area contributed by atoms with E-state index in [4.69, 9.17) is 49.3 Å². The second-order valence-electron chi connectivity index (χ2n) is 34.8. The molecule has 0 spiro atoms. The second kappa shape index (κ2) is 33.6. The lowest BCUT2D eigenvalue weighted by atomic mass is 9.79. The Balaban J connectivity index is 1.08. The first-order chi connectivity index (χ1) is 43.9. The number of aromatic nitrogens is 6. The van der Waals surface area contributed by atoms with Crippen molar-refractivity contribution in [3.05, 3.63) is 0 Å². The Bertz CT molecular complexity index is 2500. The molecule has 2 aromatic rings. The van der Waals surface area contributed by atoms with Crippen molar-refractivity contribution >= 4 is 35.7 Å². The molecule has 0 saturated carbocycles. The van der Waals surface area contributed by atoms with Crippen molar-refractivity contribution in [3.63, 3.8) is 0 Å². The molecule has 0 aliphatic carbocycles. The van der Waals surface area contributed by atoms with Gasteiger partial charge in [0.2, 0.25) is 35.7 Å². The Hall–Kier alpha value is -3.50. The Labute approximate surface area is 574 Å². The molecule has 0 unspecified atom stereocenters. The SMILES string of the molecule is CCCCN(CCCC)c1nc(NC2CC(C)(C)N(OCCCC(C)(C)CON3C(C)(C)CC(Nc4nc(NC5CC(C)(C)N(OCCC)C(C)(C)C5)nc(N(CCCC)CCCC)n4)CC3(C)C)C(C)(C)C2)nc(NC2CC(C)(C)N(OCC(CC)CC)C(C)(C)C2)n1. The molecule has 0 atom stereocenters. The highest BCUT2D eigenvalue weighted by Crippen LogP contribution is 2.45. The maximum atomic E-state index is 7.03. The van der Waals surface area contributed by atoms with Crippen LogP contribution in [0.1, 0.15) is 308 Å². The van der Waals surface area contributed by atoms with E-state index in [0.29, 0.717) is 49.5 Å². The molecule has 20 nitrogen and oxygen atoms in total. The highest BCUT2D eigenvalue weighted by atomic mass is 16.7. The van der Waals surface area contributed by atoms with Crippen molar-refractivity contribution in [2.24, 2.45) is 11.3 Å². The first kappa shape index (κ1) is 79.5. The average molecular weight is 1320 g/mol. The van der Waals surface area contributed by atoms with Gasteiger partial charge in [-0.1, -0.05) is 101 Å². The summed E-state index contributed by atoms with van der Waals surface area (Å²) in [6.07, 6.45) is 20.9. The number of hydroxylamine groups is 8. The summed E-state index contributed by atoms with van der Waals surface area (Å²) in [4.78, 5) is 63.0. The molecule has 0 bridgehead atoms. The minimum atomic E-state index is -0.281. The number of hydrogen-bond acceptors (Lipinski definition) is 20. The molecule has 4 aliphatic heterocycles. The number of nitrogens with zero attached hydrogens (tertiary/aromatic N) is 12. The zero-order valence-electron chi connectivity index (χ0n) is 64.9. The van der Waals surface area contributed by atoms with Crippen LogP contribution in [0, 0.1) is 11.3 Å². The van der Waals surface area contributed by atoms with E-state index in [1.54, 1.807) is 0 Å². The van der Waals surface area contributed by atoms with Gasteiger partial charge in [0, 0.05) is 94.7 Å². The van der Waals surface area contributed by atoms with Gasteiger partial charge in [0.15, 0.2) is 0 Å². The van der Waals surface area contributed by atoms with Crippen LogP contribution in [0.25, 0.3) is 0 Å². The fraction of sp³-hybridized carbons (Fsp3) is 0.919. The van der Waals surface area contributed by atoms with E-state index in [2.05, 4.69) is 224 Å². The summed E-state index contributed by atoms with van der Waals surface area (Å²) in [7, 11) is 0. The van der Waals surface area contributed by atoms with E-state index in [9.17, 15) is 0 Å². The Kier molecular flexibility index (Phi) is 28.4. The maximum absolute atomic E-state index is 7.03. The lowest BCUT2D eigenvalue weighted by molar-refractivity contribution is -0.294. The molecular formula is C74H142N16O4. The summed E-state index contributed by atoms with van der Waals surface area (Å²) >= 11 is 0. The van der Waals surface area contributed by atoms with Crippen molar-refractivity contribution < 1.29 is 19.4 Å². The monoisotopic (exact) mass is 1320 g/mol. The molecule has 20 heteroatoms. The van der Waals surface area contributed by atoms with E-state index >= 15 is 0 Å². The van der Waals surface area contributed by atoms with Crippen molar-refractivity contribution in [1.29, 1.82) is 0 Å². The largest absolute Gasteiger partial charge is 0.351 e. The number of hydrogen-bond donors (Lipinski definition) is 4. The standard InChI is InChI=1S/C74H142N16O4/c1-26-33-39-85(40-34-27-2)64-82-61(79-62(83-64)77-58-49-71(18,19)89(72(20,21)50-58)93-53-55(31-6)32-7)76-57-47-69(14,15)88(70(16,17)48-57)92-44-37-38-66(8,9)54-94-90-73(22,23)51-59(52-74(90,24)25)78-63-80-60(81-65(84-63)86(41-35-28-3)42-36-29-4)75-56-45-67(10,11)87(91-43-30-5)68(12,13)46-56/h55-59H,26-54H2,1-25H3,(H2,75,78,80,81,84)(H2,76,77,79,82,83). The third-order valence-corrected chi connectivity index (χ3v) is 20.5. The lowest BCUT2D eigenvalue weighted by Crippen LogP contribution is -2.63. The fourth-order valence-electron chi connectivity index (χ4n) is 16.8. The lowest BCUT2D eigenvalue weighted by Gasteiger charge is -2.54. The summed E-state index contributed by atoms with van der Waals surface area (Å²) in [6, 6.07) is 0.541. The fourth-order valence-corrected chi connectivity index (χ4v) is 16.8. The van der Waals surface area contributed by atoms with Crippen LogP contribution in [0.2, 0.25) is 0 Å². The minimum Gasteiger partial charge on any atom is -0.351 e. The topological polar surface area (TPSA) is 182 Å².